The highest BCUT2D eigenvalue weighted by Crippen LogP contribution is 2.33. The van der Waals surface area contributed by atoms with Gasteiger partial charge in [-0.15, -0.1) is 0 Å². The van der Waals surface area contributed by atoms with Crippen LogP contribution in [-0.4, -0.2) is 25.0 Å². The van der Waals surface area contributed by atoms with Crippen molar-refractivity contribution in [1.29, 1.82) is 0 Å². The van der Waals surface area contributed by atoms with Crippen LogP contribution in [-0.2, 0) is 20.9 Å². The first-order valence-electron chi connectivity index (χ1n) is 8.64. The van der Waals surface area contributed by atoms with E-state index >= 15 is 0 Å². The maximum Gasteiger partial charge on any atom is 0.419 e. The Kier molecular flexibility index (Phi) is 4.74. The third kappa shape index (κ3) is 3.92. The van der Waals surface area contributed by atoms with E-state index in [0.717, 1.165) is 18.9 Å². The summed E-state index contributed by atoms with van der Waals surface area (Å²) in [7, 11) is -4.37. The summed E-state index contributed by atoms with van der Waals surface area (Å²) < 4.78 is 84.8. The van der Waals surface area contributed by atoms with E-state index in [4.69, 9.17) is 4.74 Å². The molecule has 0 radical (unpaired) electrons. The predicted octanol–water partition coefficient (Wildman–Crippen LogP) is 4.37. The molecule has 3 aromatic rings. The van der Waals surface area contributed by atoms with Crippen molar-refractivity contribution in [2.45, 2.75) is 30.0 Å². The van der Waals surface area contributed by atoms with E-state index in [0.29, 0.717) is 29.5 Å². The first-order chi connectivity index (χ1) is 13.6. The molecule has 1 fully saturated rings. The number of rotatable bonds is 4. The summed E-state index contributed by atoms with van der Waals surface area (Å²) in [6.07, 6.45) is -3.42. The Labute approximate surface area is 163 Å². The molecule has 1 aromatic heterocycles. The fourth-order valence-electron chi connectivity index (χ4n) is 3.14. The van der Waals surface area contributed by atoms with E-state index in [1.807, 2.05) is 0 Å². The minimum Gasteiger partial charge on any atom is -0.370 e. The number of alkyl halides is 3. The van der Waals surface area contributed by atoms with Crippen LogP contribution in [0.2, 0.25) is 0 Å². The molecule has 0 saturated carbocycles. The molecule has 29 heavy (non-hydrogen) atoms. The summed E-state index contributed by atoms with van der Waals surface area (Å²) in [4.78, 5) is 6.79. The third-order valence-corrected chi connectivity index (χ3v) is 5.92. The molecule has 2 heterocycles. The number of sulfonamides is 1. The normalized spacial score (nSPS) is 17.7. The van der Waals surface area contributed by atoms with Crippen LogP contribution in [0.3, 0.4) is 0 Å². The molecule has 154 valence electrons. The van der Waals surface area contributed by atoms with Gasteiger partial charge in [-0.1, -0.05) is 0 Å². The quantitative estimate of drug-likeness (QED) is 0.603. The molecule has 0 aliphatic carbocycles. The van der Waals surface area contributed by atoms with Crippen molar-refractivity contribution in [2.75, 3.05) is 11.3 Å². The van der Waals surface area contributed by atoms with Gasteiger partial charge in [-0.2, -0.15) is 13.2 Å². The smallest absolute Gasteiger partial charge is 0.370 e. The van der Waals surface area contributed by atoms with Crippen LogP contribution in [0.15, 0.2) is 41.3 Å². The fraction of sp³-hybridized carbons (Fsp3) is 0.278. The van der Waals surface area contributed by atoms with Crippen LogP contribution in [0.25, 0.3) is 11.0 Å². The van der Waals surface area contributed by atoms with Crippen molar-refractivity contribution < 1.29 is 30.7 Å². The zero-order valence-electron chi connectivity index (χ0n) is 14.8. The molecule has 2 aromatic carbocycles. The van der Waals surface area contributed by atoms with Gasteiger partial charge < -0.3 is 9.72 Å². The number of aromatic nitrogens is 2. The van der Waals surface area contributed by atoms with E-state index < -0.39 is 32.5 Å². The summed E-state index contributed by atoms with van der Waals surface area (Å²) in [5.41, 5.74) is -0.381. The average Bonchev–Trinajstić information content (AvgIpc) is 3.29. The first-order valence-corrected chi connectivity index (χ1v) is 10.1. The first kappa shape index (κ1) is 19.6. The van der Waals surface area contributed by atoms with Gasteiger partial charge in [0.2, 0.25) is 0 Å². The molecule has 0 bridgehead atoms. The van der Waals surface area contributed by atoms with Crippen LogP contribution in [0.4, 0.5) is 23.2 Å². The number of aromatic amines is 1. The summed E-state index contributed by atoms with van der Waals surface area (Å²) in [5, 5.41) is 0. The fourth-order valence-corrected chi connectivity index (χ4v) is 4.22. The van der Waals surface area contributed by atoms with E-state index in [9.17, 15) is 26.0 Å². The van der Waals surface area contributed by atoms with Gasteiger partial charge in [-0.05, 0) is 49.2 Å². The number of nitrogens with zero attached hydrogens (tertiary/aromatic N) is 1. The number of fused-ring (bicyclic) bond motifs is 1. The molecular weight excluding hydrogens is 414 g/mol. The van der Waals surface area contributed by atoms with Gasteiger partial charge in [0.25, 0.3) is 10.0 Å². The second-order valence-corrected chi connectivity index (χ2v) is 8.28. The highest BCUT2D eigenvalue weighted by atomic mass is 32.2. The number of imidazole rings is 1. The number of nitrogens with one attached hydrogen (secondary N) is 2. The standard InChI is InChI=1S/C18H15F4N3O3S/c19-13-5-4-11(9-12(13)18(20,21)22)29(26,27)25-10-3-6-14-15(8-10)24-17(23-14)16-2-1-7-28-16/h3-6,8-9,16,25H,1-2,7H2,(H,23,24). The van der Waals surface area contributed by atoms with Crippen molar-refractivity contribution in [3.8, 4) is 0 Å². The summed E-state index contributed by atoms with van der Waals surface area (Å²) in [5.74, 6) is -0.914. The SMILES string of the molecule is O=S(=O)(Nc1ccc2nc(C3CCCO3)[nH]c2c1)c1ccc(F)c(C(F)(F)F)c1. The number of H-pyrrole nitrogens is 1. The lowest BCUT2D eigenvalue weighted by Crippen LogP contribution is -2.15. The number of hydrogen-bond acceptors (Lipinski definition) is 4. The zero-order valence-corrected chi connectivity index (χ0v) is 15.6. The second kappa shape index (κ2) is 6.99. The minimum atomic E-state index is -5.01. The predicted molar refractivity (Wildman–Crippen MR) is 96.2 cm³/mol. The minimum absolute atomic E-state index is 0.123. The highest BCUT2D eigenvalue weighted by Gasteiger charge is 2.35. The maximum absolute atomic E-state index is 13.4. The molecule has 1 aliphatic heterocycles. The summed E-state index contributed by atoms with van der Waals surface area (Å²) in [6.45, 7) is 0.643. The largest absolute Gasteiger partial charge is 0.419 e. The van der Waals surface area contributed by atoms with Crippen molar-refractivity contribution in [1.82, 2.24) is 9.97 Å². The Morgan fingerprint density at radius 3 is 2.66 bits per heavy atom. The van der Waals surface area contributed by atoms with Crippen molar-refractivity contribution >= 4 is 26.7 Å². The number of benzene rings is 2. The summed E-state index contributed by atoms with van der Waals surface area (Å²) in [6, 6.07) is 6.01. The Hall–Kier alpha value is -2.66. The molecule has 0 spiro atoms. The van der Waals surface area contributed by atoms with Crippen molar-refractivity contribution in [3.63, 3.8) is 0 Å². The van der Waals surface area contributed by atoms with Crippen LogP contribution in [0.5, 0.6) is 0 Å². The van der Waals surface area contributed by atoms with Crippen molar-refractivity contribution in [3.05, 3.63) is 53.6 Å². The van der Waals surface area contributed by atoms with Gasteiger partial charge in [-0.25, -0.2) is 17.8 Å². The Morgan fingerprint density at radius 1 is 1.17 bits per heavy atom. The van der Waals surface area contributed by atoms with E-state index in [2.05, 4.69) is 14.7 Å². The van der Waals surface area contributed by atoms with Crippen LogP contribution < -0.4 is 4.72 Å². The number of anilines is 1. The van der Waals surface area contributed by atoms with E-state index in [-0.39, 0.29) is 17.9 Å². The molecule has 1 unspecified atom stereocenters. The maximum atomic E-state index is 13.4. The zero-order chi connectivity index (χ0) is 20.8. The molecule has 1 atom stereocenters. The molecule has 2 N–H and O–H groups in total. The topological polar surface area (TPSA) is 84.1 Å². The second-order valence-electron chi connectivity index (χ2n) is 6.60. The molecule has 6 nitrogen and oxygen atoms in total. The Morgan fingerprint density at radius 2 is 1.97 bits per heavy atom. The monoisotopic (exact) mass is 429 g/mol. The Bertz CT molecular complexity index is 1170. The molecular formula is C18H15F4N3O3S. The number of ether oxygens (including phenoxy) is 1. The lowest BCUT2D eigenvalue weighted by atomic mass is 10.2. The van der Waals surface area contributed by atoms with E-state index in [1.165, 1.54) is 12.1 Å². The molecule has 0 amide bonds. The van der Waals surface area contributed by atoms with Gasteiger partial charge in [0, 0.05) is 6.61 Å². The van der Waals surface area contributed by atoms with Gasteiger partial charge in [0.15, 0.2) is 0 Å². The number of halogens is 4. The van der Waals surface area contributed by atoms with Gasteiger partial charge >= 0.3 is 6.18 Å². The van der Waals surface area contributed by atoms with Crippen molar-refractivity contribution in [2.24, 2.45) is 0 Å². The van der Waals surface area contributed by atoms with Crippen LogP contribution >= 0.6 is 0 Å². The Balaban J connectivity index is 1.63. The third-order valence-electron chi connectivity index (χ3n) is 4.54. The molecule has 4 rings (SSSR count). The van der Waals surface area contributed by atoms with Gasteiger partial charge in [0.1, 0.15) is 17.7 Å². The molecule has 1 saturated heterocycles. The summed E-state index contributed by atoms with van der Waals surface area (Å²) >= 11 is 0. The average molecular weight is 429 g/mol. The molecule has 1 aliphatic rings. The van der Waals surface area contributed by atoms with E-state index in [1.54, 1.807) is 6.07 Å². The van der Waals surface area contributed by atoms with Gasteiger partial charge in [0.05, 0.1) is 27.2 Å². The van der Waals surface area contributed by atoms with Crippen LogP contribution in [0.1, 0.15) is 30.3 Å². The lowest BCUT2D eigenvalue weighted by Gasteiger charge is -2.12. The van der Waals surface area contributed by atoms with Gasteiger partial charge in [-0.3, -0.25) is 4.72 Å². The highest BCUT2D eigenvalue weighted by molar-refractivity contribution is 7.92. The van der Waals surface area contributed by atoms with Crippen LogP contribution in [0, 0.1) is 5.82 Å². The molecule has 11 heteroatoms. The number of hydrogen-bond donors (Lipinski definition) is 2. The lowest BCUT2D eigenvalue weighted by molar-refractivity contribution is -0.140.